The van der Waals surface area contributed by atoms with Crippen LogP contribution in [-0.4, -0.2) is 19.6 Å². The smallest absolute Gasteiger partial charge is 0.0112 e. The van der Waals surface area contributed by atoms with E-state index in [0.717, 1.165) is 26.1 Å². The van der Waals surface area contributed by atoms with Crippen molar-refractivity contribution in [3.8, 4) is 0 Å². The van der Waals surface area contributed by atoms with Gasteiger partial charge in [0.25, 0.3) is 0 Å². The number of nitrogens with two attached hydrogens (primary N) is 1. The quantitative estimate of drug-likeness (QED) is 0.334. The lowest BCUT2D eigenvalue weighted by molar-refractivity contribution is 0.540. The molecule has 0 amide bonds. The fraction of sp³-hybridized carbons (Fsp3) is 1.00. The van der Waals surface area contributed by atoms with Gasteiger partial charge in [0.05, 0.1) is 0 Å². The van der Waals surface area contributed by atoms with Gasteiger partial charge < -0.3 is 5.73 Å². The molecule has 0 rings (SSSR count). The molecule has 50 valence electrons. The molecular formula is C5H15N3. The third kappa shape index (κ3) is 5.88. The van der Waals surface area contributed by atoms with Crippen LogP contribution in [0.3, 0.4) is 0 Å². The molecule has 8 heavy (non-hydrogen) atoms. The first-order valence-electron chi connectivity index (χ1n) is 3.07. The minimum Gasteiger partial charge on any atom is -0.330 e. The second-order valence-corrected chi connectivity index (χ2v) is 1.60. The van der Waals surface area contributed by atoms with E-state index in [4.69, 9.17) is 5.73 Å². The van der Waals surface area contributed by atoms with Crippen LogP contribution in [0.2, 0.25) is 0 Å². The van der Waals surface area contributed by atoms with Gasteiger partial charge in [-0.05, 0) is 13.0 Å². The van der Waals surface area contributed by atoms with Crippen molar-refractivity contribution in [1.29, 1.82) is 0 Å². The van der Waals surface area contributed by atoms with Crippen LogP contribution in [0.15, 0.2) is 0 Å². The fourth-order valence-electron chi connectivity index (χ4n) is 0.404. The maximum atomic E-state index is 5.24. The van der Waals surface area contributed by atoms with Crippen LogP contribution in [0.25, 0.3) is 0 Å². The predicted octanol–water partition coefficient (Wildman–Crippen LogP) is -0.551. The van der Waals surface area contributed by atoms with E-state index in [9.17, 15) is 0 Å². The van der Waals surface area contributed by atoms with Gasteiger partial charge in [-0.25, -0.2) is 0 Å². The molecule has 0 saturated heterocycles. The molecule has 3 nitrogen and oxygen atoms in total. The van der Waals surface area contributed by atoms with Gasteiger partial charge in [0.1, 0.15) is 0 Å². The van der Waals surface area contributed by atoms with Crippen molar-refractivity contribution in [3.05, 3.63) is 0 Å². The molecule has 0 atom stereocenters. The van der Waals surface area contributed by atoms with Crippen LogP contribution in [0.5, 0.6) is 0 Å². The third-order valence-corrected chi connectivity index (χ3v) is 0.808. The largest absolute Gasteiger partial charge is 0.330 e. The third-order valence-electron chi connectivity index (χ3n) is 0.808. The monoisotopic (exact) mass is 117 g/mol. The molecule has 0 aliphatic heterocycles. The molecule has 0 aromatic heterocycles. The van der Waals surface area contributed by atoms with E-state index >= 15 is 0 Å². The number of hydrogen-bond acceptors (Lipinski definition) is 3. The first-order valence-corrected chi connectivity index (χ1v) is 3.07. The van der Waals surface area contributed by atoms with E-state index in [1.165, 1.54) is 0 Å². The van der Waals surface area contributed by atoms with Crippen molar-refractivity contribution in [1.82, 2.24) is 10.9 Å². The Hall–Kier alpha value is -0.120. The first kappa shape index (κ1) is 7.88. The molecule has 0 bridgehead atoms. The van der Waals surface area contributed by atoms with Crippen LogP contribution in [-0.2, 0) is 0 Å². The molecule has 0 heterocycles. The van der Waals surface area contributed by atoms with Crippen molar-refractivity contribution >= 4 is 0 Å². The highest BCUT2D eigenvalue weighted by atomic mass is 15.3. The number of rotatable bonds is 5. The highest BCUT2D eigenvalue weighted by Crippen LogP contribution is 1.64. The Morgan fingerprint density at radius 3 is 2.62 bits per heavy atom. The van der Waals surface area contributed by atoms with Gasteiger partial charge in [-0.15, -0.1) is 0 Å². The summed E-state index contributed by atoms with van der Waals surface area (Å²) in [6.45, 7) is 4.74. The van der Waals surface area contributed by atoms with Gasteiger partial charge in [0.2, 0.25) is 0 Å². The van der Waals surface area contributed by atoms with Crippen molar-refractivity contribution in [2.24, 2.45) is 5.73 Å². The Labute approximate surface area is 50.6 Å². The summed E-state index contributed by atoms with van der Waals surface area (Å²) in [4.78, 5) is 0. The molecule has 4 N–H and O–H groups in total. The zero-order chi connectivity index (χ0) is 6.24. The van der Waals surface area contributed by atoms with Crippen LogP contribution in [0.4, 0.5) is 0 Å². The SMILES string of the molecule is CCNNCCCN. The molecule has 0 aliphatic carbocycles. The van der Waals surface area contributed by atoms with Crippen molar-refractivity contribution in [2.45, 2.75) is 13.3 Å². The Kier molecular flexibility index (Phi) is 6.78. The zero-order valence-corrected chi connectivity index (χ0v) is 5.41. The molecule has 3 heteroatoms. The normalized spacial score (nSPS) is 9.75. The van der Waals surface area contributed by atoms with Gasteiger partial charge in [-0.1, -0.05) is 6.92 Å². The summed E-state index contributed by atoms with van der Waals surface area (Å²) in [5.41, 5.74) is 11.2. The molecule has 0 spiro atoms. The predicted molar refractivity (Wildman–Crippen MR) is 35.4 cm³/mol. The van der Waals surface area contributed by atoms with Crippen LogP contribution >= 0.6 is 0 Å². The van der Waals surface area contributed by atoms with Crippen LogP contribution < -0.4 is 16.6 Å². The van der Waals surface area contributed by atoms with E-state index < -0.39 is 0 Å². The summed E-state index contributed by atoms with van der Waals surface area (Å²) in [6, 6.07) is 0. The molecule has 0 radical (unpaired) electrons. The summed E-state index contributed by atoms with van der Waals surface area (Å²) < 4.78 is 0. The van der Waals surface area contributed by atoms with Gasteiger partial charge in [0.15, 0.2) is 0 Å². The van der Waals surface area contributed by atoms with E-state index in [1.54, 1.807) is 0 Å². The lowest BCUT2D eigenvalue weighted by Crippen LogP contribution is -2.32. The topological polar surface area (TPSA) is 50.1 Å². The second kappa shape index (κ2) is 6.88. The summed E-state index contributed by atoms with van der Waals surface area (Å²) in [5, 5.41) is 0. The van der Waals surface area contributed by atoms with Gasteiger partial charge in [-0.2, -0.15) is 0 Å². The first-order chi connectivity index (χ1) is 3.91. The standard InChI is InChI=1S/C5H15N3/c1-2-7-8-5-3-4-6/h7-8H,2-6H2,1H3. The Balaban J connectivity index is 2.53. The lowest BCUT2D eigenvalue weighted by atomic mass is 10.4. The minimum atomic E-state index is 0.762. The number of nitrogens with one attached hydrogen (secondary N) is 2. The Bertz CT molecular complexity index is 32.7. The molecule has 0 aromatic rings. The number of hydrazine groups is 1. The van der Waals surface area contributed by atoms with Gasteiger partial charge >= 0.3 is 0 Å². The summed E-state index contributed by atoms with van der Waals surface area (Å²) >= 11 is 0. The van der Waals surface area contributed by atoms with E-state index in [-0.39, 0.29) is 0 Å². The molecule has 0 aliphatic rings. The minimum absolute atomic E-state index is 0.762. The highest BCUT2D eigenvalue weighted by Gasteiger charge is 1.79. The lowest BCUT2D eigenvalue weighted by Gasteiger charge is -2.00. The molecule has 0 unspecified atom stereocenters. The van der Waals surface area contributed by atoms with E-state index in [2.05, 4.69) is 17.8 Å². The number of hydrogen-bond donors (Lipinski definition) is 3. The van der Waals surface area contributed by atoms with Crippen LogP contribution in [0.1, 0.15) is 13.3 Å². The molecule has 0 fully saturated rings. The van der Waals surface area contributed by atoms with Crippen LogP contribution in [0, 0.1) is 0 Å². The van der Waals surface area contributed by atoms with Crippen molar-refractivity contribution in [2.75, 3.05) is 19.6 Å². The van der Waals surface area contributed by atoms with Gasteiger partial charge in [0, 0.05) is 13.1 Å². The Morgan fingerprint density at radius 2 is 2.12 bits per heavy atom. The summed E-state index contributed by atoms with van der Waals surface area (Å²) in [7, 11) is 0. The zero-order valence-electron chi connectivity index (χ0n) is 5.41. The van der Waals surface area contributed by atoms with Gasteiger partial charge in [-0.3, -0.25) is 10.9 Å². The van der Waals surface area contributed by atoms with Crippen molar-refractivity contribution in [3.63, 3.8) is 0 Å². The molecule has 0 saturated carbocycles. The average Bonchev–Trinajstić information content (AvgIpc) is 1.81. The maximum Gasteiger partial charge on any atom is 0.0112 e. The van der Waals surface area contributed by atoms with E-state index in [1.807, 2.05) is 0 Å². The maximum absolute atomic E-state index is 5.24. The van der Waals surface area contributed by atoms with E-state index in [0.29, 0.717) is 0 Å². The summed E-state index contributed by atoms with van der Waals surface area (Å²) in [5.74, 6) is 0. The second-order valence-electron chi connectivity index (χ2n) is 1.60. The average molecular weight is 117 g/mol. The summed E-state index contributed by atoms with van der Waals surface area (Å²) in [6.07, 6.45) is 1.03. The Morgan fingerprint density at radius 1 is 1.38 bits per heavy atom. The highest BCUT2D eigenvalue weighted by molar-refractivity contribution is 4.40. The fourth-order valence-corrected chi connectivity index (χ4v) is 0.404. The molecular weight excluding hydrogens is 102 g/mol. The molecule has 0 aromatic carbocycles. The van der Waals surface area contributed by atoms with Crippen molar-refractivity contribution < 1.29 is 0 Å².